The minimum atomic E-state index is -0.0562. The number of hydrogen-bond acceptors (Lipinski definition) is 4. The Morgan fingerprint density at radius 2 is 1.72 bits per heavy atom. The van der Waals surface area contributed by atoms with Crippen LogP contribution < -0.4 is 5.32 Å². The first-order valence-electron chi connectivity index (χ1n) is 7.16. The van der Waals surface area contributed by atoms with Crippen molar-refractivity contribution in [3.8, 4) is 0 Å². The van der Waals surface area contributed by atoms with Crippen molar-refractivity contribution >= 4 is 17.7 Å². The predicted molar refractivity (Wildman–Crippen MR) is 80.2 cm³/mol. The van der Waals surface area contributed by atoms with Crippen molar-refractivity contribution in [3.63, 3.8) is 0 Å². The molecule has 4 heteroatoms. The zero-order valence-corrected chi connectivity index (χ0v) is 12.8. The summed E-state index contributed by atoms with van der Waals surface area (Å²) in [4.78, 5) is 11.1. The molecule has 0 atom stereocenters. The zero-order chi connectivity index (χ0) is 13.5. The van der Waals surface area contributed by atoms with E-state index in [0.29, 0.717) is 13.0 Å². The lowest BCUT2D eigenvalue weighted by Crippen LogP contribution is -2.16. The van der Waals surface area contributed by atoms with Gasteiger partial charge in [0.15, 0.2) is 0 Å². The summed E-state index contributed by atoms with van der Waals surface area (Å²) in [5.41, 5.74) is 0. The van der Waals surface area contributed by atoms with E-state index in [1.807, 2.05) is 18.7 Å². The van der Waals surface area contributed by atoms with E-state index >= 15 is 0 Å². The number of thioether (sulfide) groups is 1. The molecule has 0 aromatic rings. The third-order valence-corrected chi connectivity index (χ3v) is 3.44. The molecular formula is C14H29NO2S. The van der Waals surface area contributed by atoms with Gasteiger partial charge in [-0.3, -0.25) is 4.79 Å². The average molecular weight is 275 g/mol. The van der Waals surface area contributed by atoms with Crippen LogP contribution >= 0.6 is 11.8 Å². The van der Waals surface area contributed by atoms with Gasteiger partial charge in [-0.1, -0.05) is 12.8 Å². The smallest absolute Gasteiger partial charge is 0.305 e. The number of unbranched alkanes of at least 4 members (excludes halogenated alkanes) is 4. The molecule has 108 valence electrons. The minimum Gasteiger partial charge on any atom is -0.466 e. The molecule has 0 rings (SSSR count). The zero-order valence-electron chi connectivity index (χ0n) is 12.0. The maximum Gasteiger partial charge on any atom is 0.305 e. The van der Waals surface area contributed by atoms with Crippen LogP contribution in [0.1, 0.15) is 51.9 Å². The maximum absolute atomic E-state index is 11.1. The first-order chi connectivity index (χ1) is 8.81. The first-order valence-corrected chi connectivity index (χ1v) is 8.56. The van der Waals surface area contributed by atoms with Crippen LogP contribution in [0.4, 0.5) is 0 Å². The Balaban J connectivity index is 3.01. The molecule has 0 amide bonds. The summed E-state index contributed by atoms with van der Waals surface area (Å²) in [6.07, 6.45) is 9.90. The Labute approximate surface area is 116 Å². The van der Waals surface area contributed by atoms with Gasteiger partial charge in [0.2, 0.25) is 0 Å². The number of hydrogen-bond donors (Lipinski definition) is 1. The number of esters is 1. The molecule has 18 heavy (non-hydrogen) atoms. The van der Waals surface area contributed by atoms with E-state index in [-0.39, 0.29) is 5.97 Å². The minimum absolute atomic E-state index is 0.0562. The summed E-state index contributed by atoms with van der Waals surface area (Å²) in [6.45, 7) is 4.55. The van der Waals surface area contributed by atoms with Gasteiger partial charge < -0.3 is 10.1 Å². The molecule has 0 unspecified atom stereocenters. The molecule has 0 spiro atoms. The molecule has 3 nitrogen and oxygen atoms in total. The van der Waals surface area contributed by atoms with Gasteiger partial charge >= 0.3 is 5.97 Å². The fourth-order valence-corrected chi connectivity index (χ4v) is 2.22. The lowest BCUT2D eigenvalue weighted by molar-refractivity contribution is -0.143. The quantitative estimate of drug-likeness (QED) is 0.414. The average Bonchev–Trinajstić information content (AvgIpc) is 2.36. The van der Waals surface area contributed by atoms with E-state index in [4.69, 9.17) is 4.74 Å². The normalized spacial score (nSPS) is 10.6. The fraction of sp³-hybridized carbons (Fsp3) is 0.929. The van der Waals surface area contributed by atoms with Gasteiger partial charge in [-0.2, -0.15) is 11.8 Å². The summed E-state index contributed by atoms with van der Waals surface area (Å²) in [5.74, 6) is 1.23. The van der Waals surface area contributed by atoms with E-state index in [1.54, 1.807) is 0 Å². The van der Waals surface area contributed by atoms with Gasteiger partial charge in [0.25, 0.3) is 0 Å². The fourth-order valence-electron chi connectivity index (χ4n) is 1.73. The van der Waals surface area contributed by atoms with Crippen molar-refractivity contribution in [1.82, 2.24) is 5.32 Å². The molecule has 0 saturated heterocycles. The number of ether oxygens (including phenoxy) is 1. The van der Waals surface area contributed by atoms with Crippen LogP contribution in [0.15, 0.2) is 0 Å². The Kier molecular flexibility index (Phi) is 14.7. The Morgan fingerprint density at radius 1 is 1.06 bits per heavy atom. The standard InChI is InChI=1S/C14H29NO2S/c1-3-17-14(16)10-6-4-7-11-15-12-8-5-9-13-18-2/h15H,3-13H2,1-2H3. The van der Waals surface area contributed by atoms with Crippen LogP contribution in [0.3, 0.4) is 0 Å². The van der Waals surface area contributed by atoms with Crippen LogP contribution in [0.25, 0.3) is 0 Å². The highest BCUT2D eigenvalue weighted by molar-refractivity contribution is 7.98. The van der Waals surface area contributed by atoms with Crippen molar-refractivity contribution < 1.29 is 9.53 Å². The van der Waals surface area contributed by atoms with Crippen LogP contribution in [0.2, 0.25) is 0 Å². The second-order valence-electron chi connectivity index (χ2n) is 4.42. The van der Waals surface area contributed by atoms with Crippen molar-refractivity contribution in [2.24, 2.45) is 0 Å². The third kappa shape index (κ3) is 13.8. The topological polar surface area (TPSA) is 38.3 Å². The van der Waals surface area contributed by atoms with Crippen molar-refractivity contribution in [2.45, 2.75) is 51.9 Å². The number of rotatable bonds is 13. The van der Waals surface area contributed by atoms with Crippen LogP contribution in [0.5, 0.6) is 0 Å². The predicted octanol–water partition coefficient (Wildman–Crippen LogP) is 3.23. The first kappa shape index (κ1) is 17.8. The molecule has 0 aliphatic rings. The molecular weight excluding hydrogens is 246 g/mol. The van der Waals surface area contributed by atoms with Crippen LogP contribution in [-0.2, 0) is 9.53 Å². The molecule has 0 aromatic heterocycles. The van der Waals surface area contributed by atoms with E-state index in [2.05, 4.69) is 11.6 Å². The van der Waals surface area contributed by atoms with E-state index in [9.17, 15) is 4.79 Å². The van der Waals surface area contributed by atoms with Gasteiger partial charge in [-0.25, -0.2) is 0 Å². The summed E-state index contributed by atoms with van der Waals surface area (Å²) in [5, 5.41) is 3.45. The highest BCUT2D eigenvalue weighted by Crippen LogP contribution is 2.02. The van der Waals surface area contributed by atoms with Crippen LogP contribution in [0, 0.1) is 0 Å². The molecule has 1 N–H and O–H groups in total. The lowest BCUT2D eigenvalue weighted by atomic mass is 10.2. The highest BCUT2D eigenvalue weighted by atomic mass is 32.2. The third-order valence-electron chi connectivity index (χ3n) is 2.74. The van der Waals surface area contributed by atoms with Crippen molar-refractivity contribution in [1.29, 1.82) is 0 Å². The largest absolute Gasteiger partial charge is 0.466 e. The summed E-state index contributed by atoms with van der Waals surface area (Å²) < 4.78 is 4.88. The molecule has 0 aliphatic carbocycles. The van der Waals surface area contributed by atoms with Gasteiger partial charge in [0, 0.05) is 6.42 Å². The summed E-state index contributed by atoms with van der Waals surface area (Å²) in [7, 11) is 0. The van der Waals surface area contributed by atoms with E-state index < -0.39 is 0 Å². The van der Waals surface area contributed by atoms with Gasteiger partial charge in [-0.05, 0) is 57.7 Å². The molecule has 0 aliphatic heterocycles. The molecule has 0 fully saturated rings. The maximum atomic E-state index is 11.1. The van der Waals surface area contributed by atoms with Gasteiger partial charge in [-0.15, -0.1) is 0 Å². The second-order valence-corrected chi connectivity index (χ2v) is 5.40. The Morgan fingerprint density at radius 3 is 2.33 bits per heavy atom. The number of carbonyl (C=O) groups is 1. The SMILES string of the molecule is CCOC(=O)CCCCCNCCCCCSC. The summed E-state index contributed by atoms with van der Waals surface area (Å²) >= 11 is 1.93. The Bertz CT molecular complexity index is 189. The van der Waals surface area contributed by atoms with E-state index in [0.717, 1.165) is 32.4 Å². The summed E-state index contributed by atoms with van der Waals surface area (Å²) in [6, 6.07) is 0. The highest BCUT2D eigenvalue weighted by Gasteiger charge is 2.00. The number of nitrogens with one attached hydrogen (secondary N) is 1. The molecule has 0 saturated carbocycles. The molecule has 0 radical (unpaired) electrons. The van der Waals surface area contributed by atoms with Gasteiger partial charge in [0.05, 0.1) is 6.61 Å². The van der Waals surface area contributed by atoms with Gasteiger partial charge in [0.1, 0.15) is 0 Å². The second kappa shape index (κ2) is 14.8. The van der Waals surface area contributed by atoms with E-state index in [1.165, 1.54) is 25.0 Å². The van der Waals surface area contributed by atoms with Crippen molar-refractivity contribution in [2.75, 3.05) is 31.7 Å². The Hall–Kier alpha value is -0.220. The van der Waals surface area contributed by atoms with Crippen LogP contribution in [-0.4, -0.2) is 37.7 Å². The monoisotopic (exact) mass is 275 g/mol. The molecule has 0 heterocycles. The molecule has 0 aromatic carbocycles. The number of carbonyl (C=O) groups excluding carboxylic acids is 1. The molecule has 0 bridgehead atoms. The lowest BCUT2D eigenvalue weighted by Gasteiger charge is -2.05. The van der Waals surface area contributed by atoms with Crippen molar-refractivity contribution in [3.05, 3.63) is 0 Å².